The molecule has 0 bridgehead atoms. The number of hydrogen-bond acceptors (Lipinski definition) is 6. The molecule has 0 saturated heterocycles. The zero-order chi connectivity index (χ0) is 15.1. The van der Waals surface area contributed by atoms with Crippen LogP contribution < -0.4 is 10.1 Å². The summed E-state index contributed by atoms with van der Waals surface area (Å²) in [5, 5.41) is 6.33. The molecule has 0 fully saturated rings. The quantitative estimate of drug-likeness (QED) is 0.566. The normalized spacial score (nSPS) is 12.3. The third kappa shape index (κ3) is 2.15. The van der Waals surface area contributed by atoms with Crippen LogP contribution in [0.5, 0.6) is 0 Å². The van der Waals surface area contributed by atoms with E-state index in [1.165, 1.54) is 21.4 Å². The van der Waals surface area contributed by atoms with Gasteiger partial charge in [0.15, 0.2) is 5.82 Å². The standard InChI is InChI=1S/C15H10N4OS2/c1-9-4-7-21-11(9)8-12-14(20)19-15(22-12)17-13(18-19)10-2-5-16-6-3-10/h2-8H,1H3. The summed E-state index contributed by atoms with van der Waals surface area (Å²) in [5.41, 5.74) is 1.89. The van der Waals surface area contributed by atoms with E-state index in [4.69, 9.17) is 0 Å². The van der Waals surface area contributed by atoms with Crippen molar-refractivity contribution in [2.75, 3.05) is 0 Å². The molecule has 0 aromatic carbocycles. The molecule has 0 unspecified atom stereocenters. The summed E-state index contributed by atoms with van der Waals surface area (Å²) in [6.07, 6.45) is 5.28. The van der Waals surface area contributed by atoms with Gasteiger partial charge in [-0.15, -0.1) is 16.4 Å². The molecule has 0 saturated carbocycles. The van der Waals surface area contributed by atoms with Crippen LogP contribution in [-0.2, 0) is 0 Å². The van der Waals surface area contributed by atoms with E-state index in [2.05, 4.69) is 15.1 Å². The van der Waals surface area contributed by atoms with Gasteiger partial charge in [-0.05, 0) is 42.1 Å². The average molecular weight is 326 g/mol. The van der Waals surface area contributed by atoms with Gasteiger partial charge in [0.2, 0.25) is 4.96 Å². The molecule has 7 heteroatoms. The van der Waals surface area contributed by atoms with E-state index in [9.17, 15) is 4.79 Å². The van der Waals surface area contributed by atoms with Crippen LogP contribution in [0.1, 0.15) is 10.4 Å². The monoisotopic (exact) mass is 326 g/mol. The van der Waals surface area contributed by atoms with Gasteiger partial charge >= 0.3 is 0 Å². The molecular formula is C15H10N4OS2. The molecule has 4 heterocycles. The fraction of sp³-hybridized carbons (Fsp3) is 0.0667. The Hall–Kier alpha value is -2.38. The van der Waals surface area contributed by atoms with Gasteiger partial charge in [0.1, 0.15) is 0 Å². The second kappa shape index (κ2) is 5.11. The number of fused-ring (bicyclic) bond motifs is 1. The lowest BCUT2D eigenvalue weighted by atomic mass is 10.3. The van der Waals surface area contributed by atoms with E-state index in [1.54, 1.807) is 23.7 Å². The van der Waals surface area contributed by atoms with Crippen LogP contribution in [0.4, 0.5) is 0 Å². The number of aromatic nitrogens is 4. The van der Waals surface area contributed by atoms with Crippen molar-refractivity contribution < 1.29 is 0 Å². The van der Waals surface area contributed by atoms with Crippen LogP contribution >= 0.6 is 22.7 Å². The molecule has 5 nitrogen and oxygen atoms in total. The molecule has 0 aliphatic rings. The maximum Gasteiger partial charge on any atom is 0.291 e. The molecule has 0 radical (unpaired) electrons. The lowest BCUT2D eigenvalue weighted by molar-refractivity contribution is 0.936. The average Bonchev–Trinajstić information content (AvgIpc) is 3.20. The third-order valence-corrected chi connectivity index (χ3v) is 5.21. The summed E-state index contributed by atoms with van der Waals surface area (Å²) in [7, 11) is 0. The summed E-state index contributed by atoms with van der Waals surface area (Å²) in [6, 6.07) is 5.69. The van der Waals surface area contributed by atoms with E-state index < -0.39 is 0 Å². The van der Waals surface area contributed by atoms with Crippen molar-refractivity contribution in [1.29, 1.82) is 0 Å². The minimum atomic E-state index is -0.124. The number of hydrogen-bond donors (Lipinski definition) is 0. The number of nitrogens with zero attached hydrogens (tertiary/aromatic N) is 4. The number of thiazole rings is 1. The molecule has 0 N–H and O–H groups in total. The van der Waals surface area contributed by atoms with Crippen LogP contribution in [0.3, 0.4) is 0 Å². The van der Waals surface area contributed by atoms with Crippen LogP contribution in [0.2, 0.25) is 0 Å². The molecule has 4 rings (SSSR count). The van der Waals surface area contributed by atoms with Crippen molar-refractivity contribution in [3.8, 4) is 11.4 Å². The van der Waals surface area contributed by atoms with Gasteiger partial charge in [-0.3, -0.25) is 9.78 Å². The highest BCUT2D eigenvalue weighted by atomic mass is 32.1. The highest BCUT2D eigenvalue weighted by Crippen LogP contribution is 2.17. The highest BCUT2D eigenvalue weighted by molar-refractivity contribution is 7.15. The van der Waals surface area contributed by atoms with Crippen LogP contribution in [-0.4, -0.2) is 19.6 Å². The van der Waals surface area contributed by atoms with Crippen molar-refractivity contribution in [1.82, 2.24) is 19.6 Å². The molecular weight excluding hydrogens is 316 g/mol. The molecule has 108 valence electrons. The summed E-state index contributed by atoms with van der Waals surface area (Å²) in [4.78, 5) is 22.6. The number of thiophene rings is 1. The van der Waals surface area contributed by atoms with Crippen molar-refractivity contribution in [3.63, 3.8) is 0 Å². The maximum atomic E-state index is 12.4. The molecule has 4 aromatic heterocycles. The molecule has 0 aliphatic carbocycles. The van der Waals surface area contributed by atoms with Crippen LogP contribution in [0.25, 0.3) is 22.4 Å². The first kappa shape index (κ1) is 13.3. The van der Waals surface area contributed by atoms with Gasteiger partial charge in [-0.25, -0.2) is 0 Å². The molecule has 22 heavy (non-hydrogen) atoms. The SMILES string of the molecule is Cc1ccsc1C=c1sc2nc(-c3ccncc3)nn2c1=O. The van der Waals surface area contributed by atoms with Crippen LogP contribution in [0.15, 0.2) is 40.8 Å². The Balaban J connectivity index is 1.87. The zero-order valence-electron chi connectivity index (χ0n) is 11.6. The molecule has 4 aromatic rings. The lowest BCUT2D eigenvalue weighted by Gasteiger charge is -1.90. The Kier molecular flexibility index (Phi) is 3.09. The Bertz CT molecular complexity index is 1060. The molecule has 0 atom stereocenters. The second-order valence-corrected chi connectivity index (χ2v) is 6.71. The Morgan fingerprint density at radius 1 is 1.23 bits per heavy atom. The minimum absolute atomic E-state index is 0.124. The first-order valence-electron chi connectivity index (χ1n) is 6.58. The molecule has 0 aliphatic heterocycles. The van der Waals surface area contributed by atoms with Crippen molar-refractivity contribution in [2.24, 2.45) is 0 Å². The van der Waals surface area contributed by atoms with E-state index in [0.29, 0.717) is 15.3 Å². The molecule has 0 amide bonds. The van der Waals surface area contributed by atoms with Crippen molar-refractivity contribution >= 4 is 33.7 Å². The predicted molar refractivity (Wildman–Crippen MR) is 88.2 cm³/mol. The predicted octanol–water partition coefficient (Wildman–Crippen LogP) is 2.13. The van der Waals surface area contributed by atoms with E-state index >= 15 is 0 Å². The minimum Gasteiger partial charge on any atom is -0.266 e. The summed E-state index contributed by atoms with van der Waals surface area (Å²) in [6.45, 7) is 2.03. The van der Waals surface area contributed by atoms with E-state index in [1.807, 2.05) is 36.6 Å². The maximum absolute atomic E-state index is 12.4. The highest BCUT2D eigenvalue weighted by Gasteiger charge is 2.12. The van der Waals surface area contributed by atoms with Gasteiger partial charge in [0.05, 0.1) is 4.53 Å². The smallest absolute Gasteiger partial charge is 0.266 e. The topological polar surface area (TPSA) is 60.1 Å². The number of pyridine rings is 1. The summed E-state index contributed by atoms with van der Waals surface area (Å²) >= 11 is 2.98. The summed E-state index contributed by atoms with van der Waals surface area (Å²) in [5.74, 6) is 0.546. The van der Waals surface area contributed by atoms with Gasteiger partial charge in [0.25, 0.3) is 5.56 Å². The first-order chi connectivity index (χ1) is 10.7. The van der Waals surface area contributed by atoms with Crippen molar-refractivity contribution in [3.05, 3.63) is 61.3 Å². The Morgan fingerprint density at radius 3 is 2.73 bits per heavy atom. The number of rotatable bonds is 2. The van der Waals surface area contributed by atoms with Gasteiger partial charge in [-0.2, -0.15) is 9.50 Å². The Morgan fingerprint density at radius 2 is 2.05 bits per heavy atom. The Labute approximate surface area is 133 Å². The first-order valence-corrected chi connectivity index (χ1v) is 8.28. The second-order valence-electron chi connectivity index (χ2n) is 4.75. The van der Waals surface area contributed by atoms with Gasteiger partial charge in [0, 0.05) is 22.8 Å². The lowest BCUT2D eigenvalue weighted by Crippen LogP contribution is -2.23. The zero-order valence-corrected chi connectivity index (χ0v) is 13.2. The van der Waals surface area contributed by atoms with E-state index in [0.717, 1.165) is 10.4 Å². The van der Waals surface area contributed by atoms with Gasteiger partial charge in [-0.1, -0.05) is 11.3 Å². The third-order valence-electron chi connectivity index (χ3n) is 3.28. The van der Waals surface area contributed by atoms with Crippen LogP contribution in [0, 0.1) is 6.92 Å². The largest absolute Gasteiger partial charge is 0.291 e. The van der Waals surface area contributed by atoms with Crippen molar-refractivity contribution in [2.45, 2.75) is 6.92 Å². The fourth-order valence-electron chi connectivity index (χ4n) is 2.11. The summed E-state index contributed by atoms with van der Waals surface area (Å²) < 4.78 is 2.02. The van der Waals surface area contributed by atoms with Gasteiger partial charge < -0.3 is 0 Å². The van der Waals surface area contributed by atoms with E-state index in [-0.39, 0.29) is 5.56 Å². The number of aryl methyl sites for hydroxylation is 1. The fourth-order valence-corrected chi connectivity index (χ4v) is 3.93. The molecule has 0 spiro atoms.